The summed E-state index contributed by atoms with van der Waals surface area (Å²) in [5.74, 6) is 0.612. The summed E-state index contributed by atoms with van der Waals surface area (Å²) in [5.41, 5.74) is 6.60. The zero-order valence-corrected chi connectivity index (χ0v) is 13.8. The van der Waals surface area contributed by atoms with Gasteiger partial charge >= 0.3 is 0 Å². The van der Waals surface area contributed by atoms with E-state index in [4.69, 9.17) is 18.0 Å². The third kappa shape index (κ3) is 3.36. The number of hydrogen-bond acceptors (Lipinski definition) is 3. The van der Waals surface area contributed by atoms with Crippen LogP contribution in [0.2, 0.25) is 0 Å². The van der Waals surface area contributed by atoms with E-state index in [-0.39, 0.29) is 16.8 Å². The molecule has 2 nitrogen and oxygen atoms in total. The standard InChI is InChI=1S/C12H16BrFN2S2/c1-7(6-18-3)16(2)9-5-4-8(12(15)17)10(13)11(9)14/h4-5,7H,6H2,1-3H3,(H2,15,17). The van der Waals surface area contributed by atoms with Crippen molar-refractivity contribution in [2.75, 3.05) is 24.0 Å². The minimum absolute atomic E-state index is 0.187. The van der Waals surface area contributed by atoms with Crippen LogP contribution >= 0.6 is 39.9 Å². The first-order chi connectivity index (χ1) is 8.40. The Morgan fingerprint density at radius 1 is 1.61 bits per heavy atom. The fraction of sp³-hybridized carbons (Fsp3) is 0.417. The molecule has 0 aliphatic rings. The summed E-state index contributed by atoms with van der Waals surface area (Å²) in [6.07, 6.45) is 2.03. The fourth-order valence-corrected chi connectivity index (χ4v) is 3.15. The van der Waals surface area contributed by atoms with Crippen molar-refractivity contribution in [1.82, 2.24) is 0 Å². The summed E-state index contributed by atoms with van der Waals surface area (Å²) in [6, 6.07) is 3.70. The Morgan fingerprint density at radius 2 is 2.22 bits per heavy atom. The van der Waals surface area contributed by atoms with E-state index in [0.29, 0.717) is 15.7 Å². The number of thioether (sulfide) groups is 1. The number of anilines is 1. The molecule has 0 aliphatic carbocycles. The van der Waals surface area contributed by atoms with E-state index >= 15 is 0 Å². The lowest BCUT2D eigenvalue weighted by molar-refractivity contribution is 0.608. The molecule has 1 rings (SSSR count). The second-order valence-corrected chi connectivity index (χ2v) is 6.18. The second kappa shape index (κ2) is 6.73. The molecule has 0 bridgehead atoms. The Bertz CT molecular complexity index is 454. The fourth-order valence-electron chi connectivity index (χ4n) is 1.59. The average molecular weight is 351 g/mol. The molecule has 18 heavy (non-hydrogen) atoms. The van der Waals surface area contributed by atoms with Gasteiger partial charge in [0, 0.05) is 24.4 Å². The van der Waals surface area contributed by atoms with Crippen LogP contribution in [0.3, 0.4) is 0 Å². The van der Waals surface area contributed by atoms with E-state index < -0.39 is 0 Å². The van der Waals surface area contributed by atoms with Gasteiger partial charge in [-0.25, -0.2) is 4.39 Å². The normalized spacial score (nSPS) is 12.3. The summed E-state index contributed by atoms with van der Waals surface area (Å²) >= 11 is 9.82. The van der Waals surface area contributed by atoms with Crippen LogP contribution in [0.4, 0.5) is 10.1 Å². The van der Waals surface area contributed by atoms with Crippen molar-refractivity contribution in [1.29, 1.82) is 0 Å². The van der Waals surface area contributed by atoms with Gasteiger partial charge in [-0.1, -0.05) is 12.2 Å². The molecule has 0 aliphatic heterocycles. The minimum Gasteiger partial charge on any atom is -0.389 e. The predicted octanol–water partition coefficient (Wildman–Crippen LogP) is 3.41. The highest BCUT2D eigenvalue weighted by Gasteiger charge is 2.18. The number of halogens is 2. The summed E-state index contributed by atoms with van der Waals surface area (Å²) in [5, 5.41) is 0. The quantitative estimate of drug-likeness (QED) is 0.824. The molecule has 100 valence electrons. The van der Waals surface area contributed by atoms with Crippen molar-refractivity contribution >= 4 is 50.6 Å². The molecule has 0 saturated carbocycles. The van der Waals surface area contributed by atoms with Gasteiger partial charge in [-0.15, -0.1) is 0 Å². The van der Waals surface area contributed by atoms with Crippen molar-refractivity contribution < 1.29 is 4.39 Å². The molecule has 1 aromatic carbocycles. The molecule has 0 aromatic heterocycles. The number of thiocarbonyl (C=S) groups is 1. The molecule has 0 saturated heterocycles. The Balaban J connectivity index is 3.12. The molecule has 1 aromatic rings. The largest absolute Gasteiger partial charge is 0.389 e. The molecule has 0 spiro atoms. The molecule has 2 N–H and O–H groups in total. The van der Waals surface area contributed by atoms with Gasteiger partial charge in [0.2, 0.25) is 0 Å². The lowest BCUT2D eigenvalue weighted by Gasteiger charge is -2.27. The summed E-state index contributed by atoms with van der Waals surface area (Å²) < 4.78 is 14.6. The van der Waals surface area contributed by atoms with Crippen molar-refractivity contribution in [3.8, 4) is 0 Å². The van der Waals surface area contributed by atoms with Crippen LogP contribution in [0.1, 0.15) is 12.5 Å². The zero-order valence-electron chi connectivity index (χ0n) is 10.5. The maximum Gasteiger partial charge on any atom is 0.161 e. The van der Waals surface area contributed by atoms with Gasteiger partial charge in [-0.05, 0) is 41.2 Å². The van der Waals surface area contributed by atoms with Crippen LogP contribution in [0.5, 0.6) is 0 Å². The summed E-state index contributed by atoms with van der Waals surface area (Å²) in [4.78, 5) is 2.10. The average Bonchev–Trinajstić information content (AvgIpc) is 2.31. The highest BCUT2D eigenvalue weighted by molar-refractivity contribution is 9.10. The third-order valence-electron chi connectivity index (χ3n) is 2.78. The van der Waals surface area contributed by atoms with Crippen molar-refractivity contribution in [2.45, 2.75) is 13.0 Å². The molecule has 1 atom stereocenters. The Hall–Kier alpha value is -0.330. The molecule has 0 radical (unpaired) electrons. The van der Waals surface area contributed by atoms with Gasteiger partial charge in [0.05, 0.1) is 10.2 Å². The first-order valence-electron chi connectivity index (χ1n) is 5.39. The highest BCUT2D eigenvalue weighted by atomic mass is 79.9. The molecule has 0 amide bonds. The monoisotopic (exact) mass is 350 g/mol. The first kappa shape index (κ1) is 15.7. The molecule has 0 heterocycles. The number of benzene rings is 1. The number of rotatable bonds is 5. The van der Waals surface area contributed by atoms with Crippen LogP contribution < -0.4 is 10.6 Å². The predicted molar refractivity (Wildman–Crippen MR) is 86.2 cm³/mol. The van der Waals surface area contributed by atoms with Crippen molar-refractivity contribution in [3.63, 3.8) is 0 Å². The molecule has 1 unspecified atom stereocenters. The lowest BCUT2D eigenvalue weighted by Crippen LogP contribution is -2.31. The Morgan fingerprint density at radius 3 is 2.72 bits per heavy atom. The molecular weight excluding hydrogens is 335 g/mol. The lowest BCUT2D eigenvalue weighted by atomic mass is 10.1. The number of hydrogen-bond donors (Lipinski definition) is 1. The third-order valence-corrected chi connectivity index (χ3v) is 4.59. The Kier molecular flexibility index (Phi) is 5.88. The summed E-state index contributed by atoms with van der Waals surface area (Å²) in [7, 11) is 1.88. The van der Waals surface area contributed by atoms with E-state index in [9.17, 15) is 4.39 Å². The topological polar surface area (TPSA) is 29.3 Å². The smallest absolute Gasteiger partial charge is 0.161 e. The highest BCUT2D eigenvalue weighted by Crippen LogP contribution is 2.30. The van der Waals surface area contributed by atoms with Gasteiger partial charge in [0.15, 0.2) is 5.82 Å². The SMILES string of the molecule is CSCC(C)N(C)c1ccc(C(N)=S)c(Br)c1F. The van der Waals surface area contributed by atoms with Crippen LogP contribution in [-0.4, -0.2) is 30.1 Å². The minimum atomic E-state index is -0.323. The van der Waals surface area contributed by atoms with E-state index in [1.54, 1.807) is 23.9 Å². The number of nitrogens with two attached hydrogens (primary N) is 1. The van der Waals surface area contributed by atoms with E-state index in [2.05, 4.69) is 22.9 Å². The van der Waals surface area contributed by atoms with Crippen molar-refractivity contribution in [3.05, 3.63) is 28.0 Å². The van der Waals surface area contributed by atoms with E-state index in [1.807, 2.05) is 18.2 Å². The van der Waals surface area contributed by atoms with Crippen LogP contribution in [0.15, 0.2) is 16.6 Å². The van der Waals surface area contributed by atoms with Gasteiger partial charge < -0.3 is 10.6 Å². The molecule has 6 heteroatoms. The van der Waals surface area contributed by atoms with Gasteiger partial charge in [-0.2, -0.15) is 11.8 Å². The molecule has 0 fully saturated rings. The maximum atomic E-state index is 14.3. The van der Waals surface area contributed by atoms with Gasteiger partial charge in [0.1, 0.15) is 4.99 Å². The van der Waals surface area contributed by atoms with Gasteiger partial charge in [0.25, 0.3) is 0 Å². The number of nitrogens with zero attached hydrogens (tertiary/aromatic N) is 1. The van der Waals surface area contributed by atoms with Crippen LogP contribution in [0.25, 0.3) is 0 Å². The first-order valence-corrected chi connectivity index (χ1v) is 7.99. The van der Waals surface area contributed by atoms with Gasteiger partial charge in [-0.3, -0.25) is 0 Å². The van der Waals surface area contributed by atoms with E-state index in [1.165, 1.54) is 0 Å². The molecular formula is C12H16BrFN2S2. The van der Waals surface area contributed by atoms with E-state index in [0.717, 1.165) is 5.75 Å². The second-order valence-electron chi connectivity index (χ2n) is 4.04. The summed E-state index contributed by atoms with van der Waals surface area (Å²) in [6.45, 7) is 2.06. The van der Waals surface area contributed by atoms with Crippen LogP contribution in [-0.2, 0) is 0 Å². The maximum absolute atomic E-state index is 14.3. The zero-order chi connectivity index (χ0) is 13.9. The Labute approximate surface area is 125 Å². The van der Waals surface area contributed by atoms with Crippen molar-refractivity contribution in [2.24, 2.45) is 5.73 Å². The van der Waals surface area contributed by atoms with Crippen LogP contribution in [0, 0.1) is 5.82 Å².